The van der Waals surface area contributed by atoms with Gasteiger partial charge in [-0.25, -0.2) is 0 Å². The van der Waals surface area contributed by atoms with E-state index in [1.54, 1.807) is 10.9 Å². The largest absolute Gasteiger partial charge is 0.461 e. The van der Waals surface area contributed by atoms with E-state index in [2.05, 4.69) is 29.2 Å². The quantitative estimate of drug-likeness (QED) is 0.542. The van der Waals surface area contributed by atoms with Crippen molar-refractivity contribution in [3.8, 4) is 0 Å². The molecule has 0 aliphatic rings. The van der Waals surface area contributed by atoms with Crippen molar-refractivity contribution in [1.82, 2.24) is 15.0 Å². The van der Waals surface area contributed by atoms with Crippen LogP contribution >= 0.6 is 0 Å². The Kier molecular flexibility index (Phi) is 3.33. The van der Waals surface area contributed by atoms with Crippen molar-refractivity contribution in [1.29, 1.82) is 0 Å². The van der Waals surface area contributed by atoms with Crippen molar-refractivity contribution in [2.24, 2.45) is 10.9 Å². The van der Waals surface area contributed by atoms with Gasteiger partial charge in [0.05, 0.1) is 11.8 Å². The van der Waals surface area contributed by atoms with Gasteiger partial charge in [0.2, 0.25) is 0 Å². The van der Waals surface area contributed by atoms with Gasteiger partial charge in [0.1, 0.15) is 5.52 Å². The van der Waals surface area contributed by atoms with E-state index in [1.165, 1.54) is 0 Å². The van der Waals surface area contributed by atoms with Crippen LogP contribution in [0, 0.1) is 5.92 Å². The van der Waals surface area contributed by atoms with Gasteiger partial charge >= 0.3 is 0 Å². The number of para-hydroxylation sites is 1. The van der Waals surface area contributed by atoms with Gasteiger partial charge in [-0.15, -0.1) is 5.10 Å². The summed E-state index contributed by atoms with van der Waals surface area (Å²) in [5.41, 5.74) is 1.77. The first kappa shape index (κ1) is 12.6. The van der Waals surface area contributed by atoms with E-state index >= 15 is 0 Å². The molecule has 0 unspecified atom stereocenters. The minimum Gasteiger partial charge on any atom is -0.461 e. The molecule has 0 N–H and O–H groups in total. The van der Waals surface area contributed by atoms with Crippen LogP contribution in [0.1, 0.15) is 19.6 Å². The zero-order valence-corrected chi connectivity index (χ0v) is 11.5. The third-order valence-corrected chi connectivity index (χ3v) is 2.90. The monoisotopic (exact) mass is 268 g/mol. The Labute approximate surface area is 116 Å². The topological polar surface area (TPSA) is 56.2 Å². The van der Waals surface area contributed by atoms with Gasteiger partial charge in [0.25, 0.3) is 0 Å². The van der Waals surface area contributed by atoms with Crippen molar-refractivity contribution in [2.45, 2.75) is 13.8 Å². The predicted molar refractivity (Wildman–Crippen MR) is 77.9 cm³/mol. The number of hydrogen-bond acceptors (Lipinski definition) is 4. The lowest BCUT2D eigenvalue weighted by molar-refractivity contribution is 0.550. The van der Waals surface area contributed by atoms with Crippen molar-refractivity contribution in [3.05, 3.63) is 48.4 Å². The van der Waals surface area contributed by atoms with Crippen molar-refractivity contribution >= 4 is 16.9 Å². The summed E-state index contributed by atoms with van der Waals surface area (Å²) in [5.74, 6) is 1.86. The molecular formula is C15H16N4O. The average Bonchev–Trinajstić information content (AvgIpc) is 3.09. The Bertz CT molecular complexity index is 725. The molecule has 2 aromatic heterocycles. The molecule has 0 fully saturated rings. The van der Waals surface area contributed by atoms with Gasteiger partial charge in [-0.05, 0) is 30.2 Å². The molecule has 0 atom stereocenters. The molecule has 0 aliphatic heterocycles. The maximum Gasteiger partial charge on any atom is 0.194 e. The minimum absolute atomic E-state index is 0.467. The molecule has 3 aromatic rings. The summed E-state index contributed by atoms with van der Waals surface area (Å²) in [6.45, 7) is 4.97. The van der Waals surface area contributed by atoms with Crippen LogP contribution in [0.2, 0.25) is 0 Å². The van der Waals surface area contributed by atoms with Crippen molar-refractivity contribution in [3.63, 3.8) is 0 Å². The lowest BCUT2D eigenvalue weighted by Crippen LogP contribution is -2.16. The van der Waals surface area contributed by atoms with Crippen LogP contribution in [0.15, 0.2) is 52.1 Å². The summed E-state index contributed by atoms with van der Waals surface area (Å²) in [6.07, 6.45) is 1.64. The van der Waals surface area contributed by atoms with Crippen molar-refractivity contribution in [2.75, 3.05) is 6.54 Å². The zero-order chi connectivity index (χ0) is 13.9. The molecule has 102 valence electrons. The second-order valence-electron chi connectivity index (χ2n) is 5.03. The van der Waals surface area contributed by atoms with E-state index in [1.807, 2.05) is 36.4 Å². The number of furan rings is 1. The highest BCUT2D eigenvalue weighted by molar-refractivity contribution is 6.01. The molecule has 3 rings (SSSR count). The number of benzene rings is 1. The molecular weight excluding hydrogens is 252 g/mol. The summed E-state index contributed by atoms with van der Waals surface area (Å²) in [5, 5.41) is 8.37. The standard InChI is InChI=1S/C15H16N4O/c1-11(2)10-16-15(14-8-5-9-20-14)19-13-7-4-3-6-12(13)17-18-19/h3-9,11H,10H2,1-2H3. The Hall–Kier alpha value is -2.43. The third kappa shape index (κ3) is 2.34. The van der Waals surface area contributed by atoms with E-state index in [-0.39, 0.29) is 0 Å². The van der Waals surface area contributed by atoms with Gasteiger partial charge in [0, 0.05) is 6.54 Å². The molecule has 5 heteroatoms. The lowest BCUT2D eigenvalue weighted by Gasteiger charge is -2.06. The maximum atomic E-state index is 5.48. The van der Waals surface area contributed by atoms with Gasteiger partial charge < -0.3 is 4.42 Å². The van der Waals surface area contributed by atoms with Crippen LogP contribution in [0.5, 0.6) is 0 Å². The Balaban J connectivity index is 2.12. The van der Waals surface area contributed by atoms with E-state index in [9.17, 15) is 0 Å². The fraction of sp³-hybridized carbons (Fsp3) is 0.267. The third-order valence-electron chi connectivity index (χ3n) is 2.90. The Morgan fingerprint density at radius 3 is 2.85 bits per heavy atom. The summed E-state index contributed by atoms with van der Waals surface area (Å²) < 4.78 is 7.21. The Morgan fingerprint density at radius 2 is 2.10 bits per heavy atom. The SMILES string of the molecule is CC(C)CN=C(c1ccco1)n1nnc2ccccc21. The number of hydrogen-bond donors (Lipinski definition) is 0. The molecule has 0 saturated carbocycles. The molecule has 0 radical (unpaired) electrons. The smallest absolute Gasteiger partial charge is 0.194 e. The van der Waals surface area contributed by atoms with E-state index < -0.39 is 0 Å². The van der Waals surface area contributed by atoms with E-state index in [0.29, 0.717) is 24.1 Å². The molecule has 0 bridgehead atoms. The number of aliphatic imine (C=N–C) groups is 1. The predicted octanol–water partition coefficient (Wildman–Crippen LogP) is 2.98. The zero-order valence-electron chi connectivity index (χ0n) is 11.5. The normalized spacial score (nSPS) is 12.4. The van der Waals surface area contributed by atoms with Gasteiger partial charge in [-0.3, -0.25) is 4.99 Å². The number of fused-ring (bicyclic) bond motifs is 1. The molecule has 0 amide bonds. The summed E-state index contributed by atoms with van der Waals surface area (Å²) >= 11 is 0. The van der Waals surface area contributed by atoms with Gasteiger partial charge in [-0.1, -0.05) is 31.2 Å². The van der Waals surface area contributed by atoms with Gasteiger partial charge in [0.15, 0.2) is 11.6 Å². The molecule has 1 aromatic carbocycles. The minimum atomic E-state index is 0.467. The van der Waals surface area contributed by atoms with E-state index in [0.717, 1.165) is 11.0 Å². The highest BCUT2D eigenvalue weighted by atomic mass is 16.3. The molecule has 0 spiro atoms. The molecule has 20 heavy (non-hydrogen) atoms. The highest BCUT2D eigenvalue weighted by Gasteiger charge is 2.14. The summed E-state index contributed by atoms with van der Waals surface area (Å²) in [6, 6.07) is 11.5. The first-order valence-corrected chi connectivity index (χ1v) is 6.65. The van der Waals surface area contributed by atoms with Crippen LogP contribution < -0.4 is 0 Å². The molecule has 2 heterocycles. The number of aromatic nitrogens is 3. The van der Waals surface area contributed by atoms with Crippen LogP contribution in [0.4, 0.5) is 0 Å². The average molecular weight is 268 g/mol. The summed E-state index contributed by atoms with van der Waals surface area (Å²) in [4.78, 5) is 4.64. The summed E-state index contributed by atoms with van der Waals surface area (Å²) in [7, 11) is 0. The number of nitrogens with zero attached hydrogens (tertiary/aromatic N) is 4. The highest BCUT2D eigenvalue weighted by Crippen LogP contribution is 2.13. The molecule has 0 aliphatic carbocycles. The van der Waals surface area contributed by atoms with Crippen molar-refractivity contribution < 1.29 is 4.42 Å². The second-order valence-corrected chi connectivity index (χ2v) is 5.03. The Morgan fingerprint density at radius 1 is 1.25 bits per heavy atom. The van der Waals surface area contributed by atoms with Crippen LogP contribution in [0.25, 0.3) is 11.0 Å². The molecule has 0 saturated heterocycles. The van der Waals surface area contributed by atoms with Crippen LogP contribution in [0.3, 0.4) is 0 Å². The fourth-order valence-electron chi connectivity index (χ4n) is 1.95. The lowest BCUT2D eigenvalue weighted by atomic mass is 10.2. The maximum absolute atomic E-state index is 5.48. The van der Waals surface area contributed by atoms with Crippen LogP contribution in [-0.4, -0.2) is 27.4 Å². The second kappa shape index (κ2) is 5.28. The fourth-order valence-corrected chi connectivity index (χ4v) is 1.95. The first-order valence-electron chi connectivity index (χ1n) is 6.65. The van der Waals surface area contributed by atoms with Gasteiger partial charge in [-0.2, -0.15) is 4.68 Å². The first-order chi connectivity index (χ1) is 9.75. The number of rotatable bonds is 3. The van der Waals surface area contributed by atoms with E-state index in [4.69, 9.17) is 4.42 Å². The van der Waals surface area contributed by atoms with Crippen LogP contribution in [-0.2, 0) is 0 Å². The molecule has 5 nitrogen and oxygen atoms in total.